The lowest BCUT2D eigenvalue weighted by atomic mass is 9.95. The average Bonchev–Trinajstić information content (AvgIpc) is 2.97. The smallest absolute Gasteiger partial charge is 0.418 e. The van der Waals surface area contributed by atoms with Gasteiger partial charge < -0.3 is 20.3 Å². The lowest BCUT2D eigenvalue weighted by Gasteiger charge is -2.35. The van der Waals surface area contributed by atoms with Crippen molar-refractivity contribution < 1.29 is 26.3 Å². The number of nitrogens with one attached hydrogen (secondary N) is 1. The molecule has 3 N–H and O–H groups in total. The number of piperazine rings is 1. The number of benzene rings is 3. The Bertz CT molecular complexity index is 1760. The molecule has 0 unspecified atom stereocenters. The summed E-state index contributed by atoms with van der Waals surface area (Å²) in [7, 11) is -2.24. The van der Waals surface area contributed by atoms with E-state index in [0.29, 0.717) is 37.4 Å². The Morgan fingerprint density at radius 1 is 0.932 bits per heavy atom. The molecule has 13 heteroatoms. The normalized spacial score (nSPS) is 14.6. The van der Waals surface area contributed by atoms with Gasteiger partial charge in [0.05, 0.1) is 16.2 Å². The molecule has 0 spiro atoms. The fourth-order valence-electron chi connectivity index (χ4n) is 5.00. The van der Waals surface area contributed by atoms with Gasteiger partial charge in [-0.2, -0.15) is 18.2 Å². The van der Waals surface area contributed by atoms with E-state index < -0.39 is 21.8 Å². The van der Waals surface area contributed by atoms with Crippen molar-refractivity contribution in [3.63, 3.8) is 0 Å². The molecule has 0 aliphatic carbocycles. The molecule has 1 aliphatic heterocycles. The van der Waals surface area contributed by atoms with Crippen LogP contribution in [0.3, 0.4) is 0 Å². The zero-order valence-corrected chi connectivity index (χ0v) is 25.3. The molecule has 1 aromatic heterocycles. The molecule has 3 aromatic carbocycles. The molecule has 0 radical (unpaired) electrons. The average molecular weight is 627 g/mol. The Kier molecular flexibility index (Phi) is 8.71. The topological polar surface area (TPSA) is 114 Å². The van der Waals surface area contributed by atoms with Gasteiger partial charge in [0.15, 0.2) is 0 Å². The molecule has 0 amide bonds. The van der Waals surface area contributed by atoms with Crippen LogP contribution in [0.15, 0.2) is 77.7 Å². The highest BCUT2D eigenvalue weighted by Crippen LogP contribution is 2.40. The highest BCUT2D eigenvalue weighted by Gasteiger charge is 2.36. The van der Waals surface area contributed by atoms with Crippen LogP contribution in [-0.4, -0.2) is 56.5 Å². The van der Waals surface area contributed by atoms with E-state index in [1.807, 2.05) is 45.2 Å². The van der Waals surface area contributed by atoms with E-state index in [1.165, 1.54) is 36.4 Å². The number of nitrogen functional groups attached to an aromatic ring is 1. The number of likely N-dealkylation sites (N-methyl/N-ethyl adjacent to an activating group) is 1. The van der Waals surface area contributed by atoms with Crippen molar-refractivity contribution in [1.29, 1.82) is 0 Å². The SMILES string of the molecule is CC(C)c1ccccc1-c1cc(Oc2ccc(N3CCN(C)CC3)c(C(F)(F)F)c2)nc(NS(=O)(=O)c2cccc(N)c2)n1. The van der Waals surface area contributed by atoms with Crippen LogP contribution >= 0.6 is 0 Å². The molecule has 9 nitrogen and oxygen atoms in total. The maximum Gasteiger partial charge on any atom is 0.418 e. The number of nitrogens with two attached hydrogens (primary N) is 1. The summed E-state index contributed by atoms with van der Waals surface area (Å²) in [6, 6.07) is 18.4. The molecule has 44 heavy (non-hydrogen) atoms. The van der Waals surface area contributed by atoms with Crippen molar-refractivity contribution in [2.45, 2.75) is 30.8 Å². The van der Waals surface area contributed by atoms with Crippen molar-refractivity contribution in [3.05, 3.63) is 83.9 Å². The summed E-state index contributed by atoms with van der Waals surface area (Å²) in [5.41, 5.74) is 7.22. The van der Waals surface area contributed by atoms with Crippen molar-refractivity contribution in [1.82, 2.24) is 14.9 Å². The van der Waals surface area contributed by atoms with Crippen LogP contribution in [0, 0.1) is 0 Å². The van der Waals surface area contributed by atoms with E-state index in [4.69, 9.17) is 10.5 Å². The maximum atomic E-state index is 14.2. The number of hydrogen-bond donors (Lipinski definition) is 2. The standard InChI is InChI=1S/C31H33F3N6O3S/c1-20(2)24-9-4-5-10-25(24)27-19-29(37-30(36-27)38-44(41,42)23-8-6-7-21(35)17-23)43-22-11-12-28(26(18-22)31(32,33)34)40-15-13-39(3)14-16-40/h4-12,17-20H,13-16,35H2,1-3H3,(H,36,37,38). The van der Waals surface area contributed by atoms with Gasteiger partial charge in [-0.05, 0) is 54.9 Å². The molecule has 0 atom stereocenters. The van der Waals surface area contributed by atoms with Crippen LogP contribution in [0.5, 0.6) is 11.6 Å². The Morgan fingerprint density at radius 3 is 2.34 bits per heavy atom. The van der Waals surface area contributed by atoms with Crippen molar-refractivity contribution in [3.8, 4) is 22.9 Å². The minimum Gasteiger partial charge on any atom is -0.439 e. The van der Waals surface area contributed by atoms with E-state index in [-0.39, 0.29) is 39.8 Å². The predicted octanol–water partition coefficient (Wildman–Crippen LogP) is 6.21. The Labute approximate surface area is 254 Å². The van der Waals surface area contributed by atoms with Gasteiger partial charge >= 0.3 is 6.18 Å². The summed E-state index contributed by atoms with van der Waals surface area (Å²) in [6.45, 7) is 6.21. The first-order valence-electron chi connectivity index (χ1n) is 14.0. The Balaban J connectivity index is 1.56. The summed E-state index contributed by atoms with van der Waals surface area (Å²) in [5.74, 6) is -0.473. The van der Waals surface area contributed by atoms with Gasteiger partial charge in [0.1, 0.15) is 5.75 Å². The fourth-order valence-corrected chi connectivity index (χ4v) is 6.00. The molecule has 5 rings (SSSR count). The highest BCUT2D eigenvalue weighted by molar-refractivity contribution is 7.92. The Morgan fingerprint density at radius 2 is 1.66 bits per heavy atom. The second kappa shape index (κ2) is 12.3. The number of hydrogen-bond acceptors (Lipinski definition) is 8. The van der Waals surface area contributed by atoms with Crippen LogP contribution in [-0.2, 0) is 16.2 Å². The van der Waals surface area contributed by atoms with Gasteiger partial charge in [-0.25, -0.2) is 18.1 Å². The molecule has 1 fully saturated rings. The van der Waals surface area contributed by atoms with E-state index in [9.17, 15) is 21.6 Å². The van der Waals surface area contributed by atoms with Gasteiger partial charge in [-0.3, -0.25) is 0 Å². The molecule has 0 saturated carbocycles. The second-order valence-electron chi connectivity index (χ2n) is 10.9. The first-order chi connectivity index (χ1) is 20.8. The molecule has 0 bridgehead atoms. The number of rotatable bonds is 8. The van der Waals surface area contributed by atoms with Gasteiger partial charge in [0.25, 0.3) is 10.0 Å². The number of halogens is 3. The Hall–Kier alpha value is -4.36. The predicted molar refractivity (Wildman–Crippen MR) is 164 cm³/mol. The monoisotopic (exact) mass is 626 g/mol. The fraction of sp³-hybridized carbons (Fsp3) is 0.290. The number of ether oxygens (including phenoxy) is 1. The van der Waals surface area contributed by atoms with Crippen LogP contribution in [0.2, 0.25) is 0 Å². The number of aromatic nitrogens is 2. The molecule has 4 aromatic rings. The highest BCUT2D eigenvalue weighted by atomic mass is 32.2. The molecule has 232 valence electrons. The second-order valence-corrected chi connectivity index (χ2v) is 12.6. The summed E-state index contributed by atoms with van der Waals surface area (Å²) in [6.07, 6.45) is -4.64. The summed E-state index contributed by atoms with van der Waals surface area (Å²) in [5, 5.41) is 0. The summed E-state index contributed by atoms with van der Waals surface area (Å²) >= 11 is 0. The largest absolute Gasteiger partial charge is 0.439 e. The van der Waals surface area contributed by atoms with Crippen LogP contribution < -0.4 is 20.1 Å². The van der Waals surface area contributed by atoms with E-state index in [1.54, 1.807) is 11.0 Å². The van der Waals surface area contributed by atoms with Crippen LogP contribution in [0.25, 0.3) is 11.3 Å². The number of anilines is 3. The molecule has 1 aliphatic rings. The number of sulfonamides is 1. The van der Waals surface area contributed by atoms with Gasteiger partial charge in [-0.1, -0.05) is 44.2 Å². The maximum absolute atomic E-state index is 14.2. The van der Waals surface area contributed by atoms with Gasteiger partial charge in [-0.15, -0.1) is 0 Å². The minimum atomic E-state index is -4.64. The third-order valence-electron chi connectivity index (χ3n) is 7.30. The number of nitrogens with zero attached hydrogens (tertiary/aromatic N) is 4. The number of alkyl halides is 3. The zero-order chi connectivity index (χ0) is 31.6. The van der Waals surface area contributed by atoms with Gasteiger partial charge in [0.2, 0.25) is 11.8 Å². The lowest BCUT2D eigenvalue weighted by molar-refractivity contribution is -0.137. The summed E-state index contributed by atoms with van der Waals surface area (Å²) in [4.78, 5) is 12.3. The first-order valence-corrected chi connectivity index (χ1v) is 15.5. The van der Waals surface area contributed by atoms with E-state index in [0.717, 1.165) is 11.6 Å². The third kappa shape index (κ3) is 7.05. The van der Waals surface area contributed by atoms with Crippen LogP contribution in [0.1, 0.15) is 30.9 Å². The van der Waals surface area contributed by atoms with E-state index >= 15 is 0 Å². The minimum absolute atomic E-state index is 0.0720. The van der Waals surface area contributed by atoms with Crippen molar-refractivity contribution >= 4 is 27.3 Å². The zero-order valence-electron chi connectivity index (χ0n) is 24.5. The van der Waals surface area contributed by atoms with E-state index in [2.05, 4.69) is 19.6 Å². The third-order valence-corrected chi connectivity index (χ3v) is 8.62. The first kappa shape index (κ1) is 31.1. The van der Waals surface area contributed by atoms with Crippen molar-refractivity contribution in [2.24, 2.45) is 0 Å². The molecular weight excluding hydrogens is 593 g/mol. The molecule has 1 saturated heterocycles. The molecular formula is C31H33F3N6O3S. The quantitative estimate of drug-likeness (QED) is 0.222. The van der Waals surface area contributed by atoms with Gasteiger partial charge in [0, 0.05) is 49.2 Å². The lowest BCUT2D eigenvalue weighted by Crippen LogP contribution is -2.45. The summed E-state index contributed by atoms with van der Waals surface area (Å²) < 4.78 is 77.3. The van der Waals surface area contributed by atoms with Crippen molar-refractivity contribution in [2.75, 3.05) is 48.6 Å². The molecule has 2 heterocycles. The van der Waals surface area contributed by atoms with Crippen LogP contribution in [0.4, 0.5) is 30.5 Å².